The lowest BCUT2D eigenvalue weighted by Gasteiger charge is -2.36. The first-order chi connectivity index (χ1) is 12.1. The van der Waals surface area contributed by atoms with Crippen LogP contribution in [-0.2, 0) is 16.0 Å². The molecular weight excluding hydrogens is 319 g/mol. The molecule has 4 nitrogen and oxygen atoms in total. The molecule has 0 unspecified atom stereocenters. The Balaban J connectivity index is 1.34. The van der Waals surface area contributed by atoms with Crippen LogP contribution in [0.15, 0.2) is 24.3 Å². The van der Waals surface area contributed by atoms with Crippen molar-refractivity contribution in [3.63, 3.8) is 0 Å². The van der Waals surface area contributed by atoms with Crippen LogP contribution >= 0.6 is 0 Å². The van der Waals surface area contributed by atoms with Gasteiger partial charge in [-0.2, -0.15) is 0 Å². The summed E-state index contributed by atoms with van der Waals surface area (Å²) in [5, 5.41) is 2.97. The van der Waals surface area contributed by atoms with Crippen molar-refractivity contribution >= 4 is 11.8 Å². The second-order valence-electron chi connectivity index (χ2n) is 7.21. The van der Waals surface area contributed by atoms with Gasteiger partial charge in [0.05, 0.1) is 0 Å². The molecule has 0 radical (unpaired) electrons. The summed E-state index contributed by atoms with van der Waals surface area (Å²) in [6, 6.07) is 6.76. The van der Waals surface area contributed by atoms with Gasteiger partial charge in [0.25, 0.3) is 0 Å². The molecule has 2 fully saturated rings. The van der Waals surface area contributed by atoms with Crippen LogP contribution in [0.1, 0.15) is 44.1 Å². The van der Waals surface area contributed by atoms with Crippen molar-refractivity contribution < 1.29 is 14.0 Å². The number of likely N-dealkylation sites (tertiary alicyclic amines) is 1. The number of hydrogen-bond acceptors (Lipinski definition) is 2. The van der Waals surface area contributed by atoms with Gasteiger partial charge in [0.1, 0.15) is 5.82 Å². The zero-order valence-electron chi connectivity index (χ0n) is 14.7. The minimum atomic E-state index is -0.183. The summed E-state index contributed by atoms with van der Waals surface area (Å²) in [5.41, 5.74) is 0.694. The van der Waals surface area contributed by atoms with Gasteiger partial charge in [-0.1, -0.05) is 24.6 Å². The number of nitrogens with zero attached hydrogens (tertiary/aromatic N) is 1. The summed E-state index contributed by atoms with van der Waals surface area (Å²) >= 11 is 0. The Morgan fingerprint density at radius 2 is 1.80 bits per heavy atom. The van der Waals surface area contributed by atoms with Crippen molar-refractivity contribution in [3.8, 4) is 0 Å². The lowest BCUT2D eigenvalue weighted by atomic mass is 9.83. The van der Waals surface area contributed by atoms with E-state index < -0.39 is 0 Å². The molecule has 0 atom stereocenters. The molecule has 136 valence electrons. The molecule has 1 saturated carbocycles. The van der Waals surface area contributed by atoms with E-state index in [-0.39, 0.29) is 29.5 Å². The first-order valence-corrected chi connectivity index (χ1v) is 9.45. The molecule has 1 aliphatic heterocycles. The zero-order valence-corrected chi connectivity index (χ0v) is 14.7. The molecule has 0 aromatic heterocycles. The van der Waals surface area contributed by atoms with Gasteiger partial charge < -0.3 is 10.2 Å². The maximum absolute atomic E-state index is 13.5. The molecule has 25 heavy (non-hydrogen) atoms. The summed E-state index contributed by atoms with van der Waals surface area (Å²) in [6.45, 7) is 1.96. The van der Waals surface area contributed by atoms with Crippen molar-refractivity contribution in [2.75, 3.05) is 19.6 Å². The van der Waals surface area contributed by atoms with Gasteiger partial charge in [0, 0.05) is 31.5 Å². The van der Waals surface area contributed by atoms with Gasteiger partial charge >= 0.3 is 0 Å². The van der Waals surface area contributed by atoms with E-state index in [0.717, 1.165) is 32.1 Å². The van der Waals surface area contributed by atoms with Crippen molar-refractivity contribution in [1.29, 1.82) is 0 Å². The normalized spacial score (nSPS) is 18.7. The summed E-state index contributed by atoms with van der Waals surface area (Å²) in [6.07, 6.45) is 6.08. The highest BCUT2D eigenvalue weighted by molar-refractivity contribution is 5.81. The highest BCUT2D eigenvalue weighted by atomic mass is 19.1. The summed E-state index contributed by atoms with van der Waals surface area (Å²) < 4.78 is 13.5. The lowest BCUT2D eigenvalue weighted by Crippen LogP contribution is -2.46. The van der Waals surface area contributed by atoms with Crippen LogP contribution in [0, 0.1) is 17.7 Å². The van der Waals surface area contributed by atoms with E-state index >= 15 is 0 Å². The number of carbonyl (C=O) groups excluding carboxylic acids is 2. The van der Waals surface area contributed by atoms with Crippen LogP contribution in [0.25, 0.3) is 0 Å². The molecule has 0 spiro atoms. The third-order valence-electron chi connectivity index (χ3n) is 5.51. The number of amides is 2. The highest BCUT2D eigenvalue weighted by Gasteiger charge is 2.33. The van der Waals surface area contributed by atoms with Crippen LogP contribution in [0.4, 0.5) is 4.39 Å². The summed E-state index contributed by atoms with van der Waals surface area (Å²) in [5.74, 6) is 0.416. The van der Waals surface area contributed by atoms with E-state index in [1.807, 2.05) is 11.0 Å². The van der Waals surface area contributed by atoms with Crippen molar-refractivity contribution in [3.05, 3.63) is 35.6 Å². The van der Waals surface area contributed by atoms with E-state index in [1.165, 1.54) is 12.5 Å². The van der Waals surface area contributed by atoms with Gasteiger partial charge in [-0.05, 0) is 50.2 Å². The van der Waals surface area contributed by atoms with Crippen molar-refractivity contribution in [1.82, 2.24) is 10.2 Å². The fourth-order valence-corrected chi connectivity index (χ4v) is 3.61. The van der Waals surface area contributed by atoms with E-state index in [2.05, 4.69) is 5.32 Å². The fourth-order valence-electron chi connectivity index (χ4n) is 3.61. The molecule has 0 bridgehead atoms. The number of aryl methyl sites for hydroxylation is 1. The summed E-state index contributed by atoms with van der Waals surface area (Å²) in [7, 11) is 0. The minimum absolute atomic E-state index is 0.00102. The Morgan fingerprint density at radius 1 is 1.08 bits per heavy atom. The second kappa shape index (κ2) is 8.45. The quantitative estimate of drug-likeness (QED) is 0.805. The number of nitrogens with one attached hydrogen (secondary N) is 1. The van der Waals surface area contributed by atoms with Gasteiger partial charge in [-0.3, -0.25) is 9.59 Å². The maximum atomic E-state index is 13.5. The van der Waals surface area contributed by atoms with Gasteiger partial charge in [0.15, 0.2) is 0 Å². The highest BCUT2D eigenvalue weighted by Crippen LogP contribution is 2.30. The average molecular weight is 346 g/mol. The Labute approximate surface area is 148 Å². The van der Waals surface area contributed by atoms with Gasteiger partial charge in [-0.25, -0.2) is 4.39 Å². The zero-order chi connectivity index (χ0) is 17.6. The smallest absolute Gasteiger partial charge is 0.225 e. The standard InChI is InChI=1S/C20H27FN2O2/c21-18-9-2-1-5-15(18)8-4-12-22-19(24)16-10-13-23(14-11-16)20(25)17-6-3-7-17/h1-2,5,9,16-17H,3-4,6-8,10-14H2,(H,22,24). The Hall–Kier alpha value is -1.91. The largest absolute Gasteiger partial charge is 0.356 e. The predicted octanol–water partition coefficient (Wildman–Crippen LogP) is 2.91. The number of benzene rings is 1. The first-order valence-electron chi connectivity index (χ1n) is 9.45. The number of rotatable bonds is 6. The van der Waals surface area contributed by atoms with Crippen molar-refractivity contribution in [2.24, 2.45) is 11.8 Å². The second-order valence-corrected chi connectivity index (χ2v) is 7.21. The monoisotopic (exact) mass is 346 g/mol. The Bertz CT molecular complexity index is 607. The van der Waals surface area contributed by atoms with Crippen LogP contribution in [0.3, 0.4) is 0 Å². The summed E-state index contributed by atoms with van der Waals surface area (Å²) in [4.78, 5) is 26.4. The molecule has 1 heterocycles. The van der Waals surface area contributed by atoms with Crippen molar-refractivity contribution in [2.45, 2.75) is 44.9 Å². The lowest BCUT2D eigenvalue weighted by molar-refractivity contribution is -0.141. The predicted molar refractivity (Wildman–Crippen MR) is 94.4 cm³/mol. The average Bonchev–Trinajstić information content (AvgIpc) is 2.58. The van der Waals surface area contributed by atoms with Crippen LogP contribution < -0.4 is 5.32 Å². The molecule has 1 aromatic rings. The maximum Gasteiger partial charge on any atom is 0.225 e. The molecule has 3 rings (SSSR count). The third kappa shape index (κ3) is 4.59. The third-order valence-corrected chi connectivity index (χ3v) is 5.51. The van der Waals surface area contributed by atoms with Gasteiger partial charge in [0.2, 0.25) is 11.8 Å². The molecule has 5 heteroatoms. The Kier molecular flexibility index (Phi) is 6.05. The fraction of sp³-hybridized carbons (Fsp3) is 0.600. The molecule has 1 N–H and O–H groups in total. The van der Waals surface area contributed by atoms with Crippen LogP contribution in [0.2, 0.25) is 0 Å². The SMILES string of the molecule is O=C(NCCCc1ccccc1F)C1CCN(C(=O)C2CCC2)CC1. The van der Waals surface area contributed by atoms with E-state index in [1.54, 1.807) is 12.1 Å². The van der Waals surface area contributed by atoms with Crippen LogP contribution in [0.5, 0.6) is 0 Å². The first kappa shape index (κ1) is 17.9. The molecule has 1 aliphatic carbocycles. The molecular formula is C20H27FN2O2. The van der Waals surface area contributed by atoms with E-state index in [0.29, 0.717) is 31.6 Å². The number of hydrogen-bond donors (Lipinski definition) is 1. The van der Waals surface area contributed by atoms with Gasteiger partial charge in [-0.15, -0.1) is 0 Å². The molecule has 2 aliphatic rings. The molecule has 2 amide bonds. The molecule has 1 aromatic carbocycles. The number of halogens is 1. The van der Waals surface area contributed by atoms with E-state index in [4.69, 9.17) is 0 Å². The Morgan fingerprint density at radius 3 is 2.44 bits per heavy atom. The van der Waals surface area contributed by atoms with E-state index in [9.17, 15) is 14.0 Å². The van der Waals surface area contributed by atoms with Crippen LogP contribution in [-0.4, -0.2) is 36.3 Å². The number of piperidine rings is 1. The topological polar surface area (TPSA) is 49.4 Å². The minimum Gasteiger partial charge on any atom is -0.356 e. The molecule has 1 saturated heterocycles. The number of carbonyl (C=O) groups is 2.